The fourth-order valence-corrected chi connectivity index (χ4v) is 3.86. The van der Waals surface area contributed by atoms with E-state index in [0.717, 1.165) is 12.3 Å². The summed E-state index contributed by atoms with van der Waals surface area (Å²) in [5.74, 6) is 1.04. The highest BCUT2D eigenvalue weighted by Crippen LogP contribution is 2.34. The fourth-order valence-electron chi connectivity index (χ4n) is 2.90. The molecule has 0 spiro atoms. The fraction of sp³-hybridized carbons (Fsp3) is 0.350. The largest absolute Gasteiger partial charge is 0.473 e. The molecule has 0 radical (unpaired) electrons. The van der Waals surface area contributed by atoms with Crippen molar-refractivity contribution in [2.45, 2.75) is 37.4 Å². The lowest BCUT2D eigenvalue weighted by atomic mass is 10.1. The van der Waals surface area contributed by atoms with Gasteiger partial charge in [-0.15, -0.1) is 0 Å². The van der Waals surface area contributed by atoms with Gasteiger partial charge in [0, 0.05) is 18.4 Å². The maximum absolute atomic E-state index is 13.0. The Balaban J connectivity index is 2.17. The summed E-state index contributed by atoms with van der Waals surface area (Å²) in [6, 6.07) is 7.76. The van der Waals surface area contributed by atoms with Gasteiger partial charge in [-0.05, 0) is 38.1 Å². The zero-order valence-electron chi connectivity index (χ0n) is 16.7. The molecule has 0 bridgehead atoms. The molecule has 0 N–H and O–H groups in total. The van der Waals surface area contributed by atoms with Crippen LogP contribution in [0.5, 0.6) is 5.75 Å². The molecule has 3 aromatic rings. The first-order valence-electron chi connectivity index (χ1n) is 8.99. The van der Waals surface area contributed by atoms with Crippen LogP contribution in [0.4, 0.5) is 13.2 Å². The molecule has 1 unspecified atom stereocenters. The summed E-state index contributed by atoms with van der Waals surface area (Å²) in [6.07, 6.45) is -3.45. The van der Waals surface area contributed by atoms with Crippen molar-refractivity contribution in [3.05, 3.63) is 36.2 Å². The van der Waals surface area contributed by atoms with Crippen molar-refractivity contribution in [1.29, 1.82) is 5.26 Å². The van der Waals surface area contributed by atoms with Crippen molar-refractivity contribution in [3.63, 3.8) is 0 Å². The predicted octanol–water partition coefficient (Wildman–Crippen LogP) is 4.46. The second-order valence-corrected chi connectivity index (χ2v) is 8.78. The molecule has 0 aliphatic rings. The third-order valence-corrected chi connectivity index (χ3v) is 5.75. The third kappa shape index (κ3) is 4.16. The van der Waals surface area contributed by atoms with Gasteiger partial charge in [-0.25, -0.2) is 9.97 Å². The van der Waals surface area contributed by atoms with Crippen molar-refractivity contribution >= 4 is 21.8 Å². The number of imidazole rings is 1. The van der Waals surface area contributed by atoms with Gasteiger partial charge in [0.05, 0.1) is 32.9 Å². The third-order valence-electron chi connectivity index (χ3n) is 4.40. The Morgan fingerprint density at radius 1 is 1.27 bits per heavy atom. The standard InChI is InChI=1S/C20H19F3N4O2S/c1-5-30(28)16-8-12(29-19(2,3)11-24)6-7-13(16)18-26-14-9-17(20(21,22)23)25-10-15(14)27(18)4/h6-10H,5H2,1-4H3. The van der Waals surface area contributed by atoms with Crippen LogP contribution in [0.3, 0.4) is 0 Å². The molecule has 158 valence electrons. The van der Waals surface area contributed by atoms with E-state index in [1.165, 1.54) is 0 Å². The number of nitriles is 1. The Hall–Kier alpha value is -2.93. The van der Waals surface area contributed by atoms with Crippen LogP contribution < -0.4 is 4.74 Å². The molecular formula is C20H19F3N4O2S. The van der Waals surface area contributed by atoms with Gasteiger partial charge >= 0.3 is 6.18 Å². The number of nitrogens with zero attached hydrogens (tertiary/aromatic N) is 4. The number of ether oxygens (including phenoxy) is 1. The number of aromatic nitrogens is 3. The minimum absolute atomic E-state index is 0.133. The van der Waals surface area contributed by atoms with Gasteiger partial charge in [0.2, 0.25) is 0 Å². The molecular weight excluding hydrogens is 417 g/mol. The Morgan fingerprint density at radius 3 is 2.57 bits per heavy atom. The van der Waals surface area contributed by atoms with Crippen molar-refractivity contribution in [1.82, 2.24) is 14.5 Å². The molecule has 0 fully saturated rings. The normalized spacial score (nSPS) is 13.3. The SMILES string of the molecule is CCS(=O)c1cc(OC(C)(C)C#N)ccc1-c1nc2cc(C(F)(F)F)ncc2n1C. The molecule has 3 rings (SSSR count). The van der Waals surface area contributed by atoms with Crippen molar-refractivity contribution in [3.8, 4) is 23.2 Å². The molecule has 0 aliphatic heterocycles. The number of rotatable bonds is 5. The summed E-state index contributed by atoms with van der Waals surface area (Å²) in [5.41, 5.74) is -1.06. The van der Waals surface area contributed by atoms with Gasteiger partial charge in [0.15, 0.2) is 5.60 Å². The lowest BCUT2D eigenvalue weighted by molar-refractivity contribution is -0.141. The number of pyridine rings is 1. The monoisotopic (exact) mass is 436 g/mol. The predicted molar refractivity (Wildman–Crippen MR) is 106 cm³/mol. The van der Waals surface area contributed by atoms with E-state index in [9.17, 15) is 22.6 Å². The summed E-state index contributed by atoms with van der Waals surface area (Å²) in [5, 5.41) is 9.17. The highest BCUT2D eigenvalue weighted by atomic mass is 32.2. The molecule has 30 heavy (non-hydrogen) atoms. The summed E-state index contributed by atoms with van der Waals surface area (Å²) >= 11 is 0. The summed E-state index contributed by atoms with van der Waals surface area (Å²) in [7, 11) is 0.251. The molecule has 0 amide bonds. The molecule has 2 heterocycles. The van der Waals surface area contributed by atoms with Crippen molar-refractivity contribution in [2.24, 2.45) is 7.05 Å². The number of benzene rings is 1. The van der Waals surface area contributed by atoms with E-state index >= 15 is 0 Å². The van der Waals surface area contributed by atoms with E-state index < -0.39 is 28.3 Å². The Labute approximate surface area is 173 Å². The maximum Gasteiger partial charge on any atom is 0.433 e. The average molecular weight is 436 g/mol. The van der Waals surface area contributed by atoms with E-state index in [1.807, 2.05) is 6.07 Å². The number of hydrogen-bond donors (Lipinski definition) is 0. The average Bonchev–Trinajstić information content (AvgIpc) is 3.02. The Kier molecular flexibility index (Phi) is 5.60. The van der Waals surface area contributed by atoms with Crippen LogP contribution in [0, 0.1) is 11.3 Å². The lowest BCUT2D eigenvalue weighted by Crippen LogP contribution is -2.25. The highest BCUT2D eigenvalue weighted by molar-refractivity contribution is 7.85. The molecule has 10 heteroatoms. The number of aryl methyl sites for hydroxylation is 1. The Bertz CT molecular complexity index is 1180. The van der Waals surface area contributed by atoms with Gasteiger partial charge < -0.3 is 9.30 Å². The van der Waals surface area contributed by atoms with Gasteiger partial charge in [-0.3, -0.25) is 4.21 Å². The molecule has 0 saturated heterocycles. The lowest BCUT2D eigenvalue weighted by Gasteiger charge is -2.19. The molecule has 1 aromatic carbocycles. The smallest absolute Gasteiger partial charge is 0.433 e. The van der Waals surface area contributed by atoms with Gasteiger partial charge in [0.25, 0.3) is 0 Å². The van der Waals surface area contributed by atoms with Crippen LogP contribution in [-0.2, 0) is 24.0 Å². The van der Waals surface area contributed by atoms with Crippen LogP contribution in [0.2, 0.25) is 0 Å². The van der Waals surface area contributed by atoms with Gasteiger partial charge in [0.1, 0.15) is 23.3 Å². The molecule has 2 aromatic heterocycles. The first kappa shape index (κ1) is 21.8. The van der Waals surface area contributed by atoms with Crippen LogP contribution in [0.25, 0.3) is 22.4 Å². The molecule has 0 saturated carbocycles. The molecule has 6 nitrogen and oxygen atoms in total. The second kappa shape index (κ2) is 7.72. The van der Waals surface area contributed by atoms with Crippen molar-refractivity contribution in [2.75, 3.05) is 5.75 Å². The van der Waals surface area contributed by atoms with E-state index in [-0.39, 0.29) is 5.52 Å². The zero-order chi connectivity index (χ0) is 22.3. The minimum Gasteiger partial charge on any atom is -0.473 e. The number of halogens is 3. The van der Waals surface area contributed by atoms with Crippen molar-refractivity contribution < 1.29 is 22.1 Å². The van der Waals surface area contributed by atoms with Crippen LogP contribution in [0.15, 0.2) is 35.4 Å². The summed E-state index contributed by atoms with van der Waals surface area (Å²) in [6.45, 7) is 4.96. The number of fused-ring (bicyclic) bond motifs is 1. The second-order valence-electron chi connectivity index (χ2n) is 7.07. The summed E-state index contributed by atoms with van der Waals surface area (Å²) < 4.78 is 59.0. The van der Waals surface area contributed by atoms with Crippen LogP contribution in [-0.4, -0.2) is 30.1 Å². The van der Waals surface area contributed by atoms with Gasteiger partial charge in [-0.2, -0.15) is 18.4 Å². The number of hydrogen-bond acceptors (Lipinski definition) is 5. The minimum atomic E-state index is -4.58. The topological polar surface area (TPSA) is 80.8 Å². The van der Waals surface area contributed by atoms with E-state index in [0.29, 0.717) is 33.3 Å². The molecule has 0 aliphatic carbocycles. The van der Waals surface area contributed by atoms with Crippen LogP contribution >= 0.6 is 0 Å². The van der Waals surface area contributed by atoms with Crippen LogP contribution in [0.1, 0.15) is 26.5 Å². The quantitative estimate of drug-likeness (QED) is 0.590. The van der Waals surface area contributed by atoms with E-state index in [4.69, 9.17) is 4.74 Å². The first-order valence-corrected chi connectivity index (χ1v) is 10.3. The zero-order valence-corrected chi connectivity index (χ0v) is 17.6. The van der Waals surface area contributed by atoms with Gasteiger partial charge in [-0.1, -0.05) is 6.92 Å². The summed E-state index contributed by atoms with van der Waals surface area (Å²) in [4.78, 5) is 8.26. The highest BCUT2D eigenvalue weighted by Gasteiger charge is 2.33. The Morgan fingerprint density at radius 2 is 1.97 bits per heavy atom. The number of alkyl halides is 3. The maximum atomic E-state index is 13.0. The first-order chi connectivity index (χ1) is 14.0. The van der Waals surface area contributed by atoms with E-state index in [2.05, 4.69) is 9.97 Å². The molecule has 1 atom stereocenters. The van der Waals surface area contributed by atoms with E-state index in [1.54, 1.807) is 50.6 Å².